The quantitative estimate of drug-likeness (QED) is 0.749. The van der Waals surface area contributed by atoms with E-state index >= 15 is 0 Å². The molecule has 0 aliphatic carbocycles. The van der Waals surface area contributed by atoms with Crippen LogP contribution in [-0.2, 0) is 6.42 Å². The van der Waals surface area contributed by atoms with Crippen LogP contribution >= 0.6 is 0 Å². The zero-order valence-electron chi connectivity index (χ0n) is 13.0. The van der Waals surface area contributed by atoms with Crippen molar-refractivity contribution in [2.24, 2.45) is 0 Å². The van der Waals surface area contributed by atoms with Crippen molar-refractivity contribution >= 4 is 16.9 Å². The first kappa shape index (κ1) is 16.1. The Bertz CT molecular complexity index is 661. The molecule has 0 fully saturated rings. The van der Waals surface area contributed by atoms with Gasteiger partial charge in [-0.15, -0.1) is 0 Å². The first-order valence-corrected chi connectivity index (χ1v) is 7.02. The van der Waals surface area contributed by atoms with Crippen molar-refractivity contribution in [2.75, 3.05) is 33.7 Å². The van der Waals surface area contributed by atoms with E-state index in [1.807, 2.05) is 6.07 Å². The van der Waals surface area contributed by atoms with Crippen LogP contribution in [0.25, 0.3) is 10.9 Å². The zero-order chi connectivity index (χ0) is 16.1. The third kappa shape index (κ3) is 2.99. The summed E-state index contributed by atoms with van der Waals surface area (Å²) in [5.41, 5.74) is 7.21. The molecule has 1 aromatic carbocycles. The molecule has 0 saturated heterocycles. The van der Waals surface area contributed by atoms with Gasteiger partial charge in [0.15, 0.2) is 11.5 Å². The minimum absolute atomic E-state index is 0.152. The summed E-state index contributed by atoms with van der Waals surface area (Å²) in [6.07, 6.45) is 2.19. The van der Waals surface area contributed by atoms with Gasteiger partial charge in [-0.1, -0.05) is 0 Å². The lowest BCUT2D eigenvalue weighted by Gasteiger charge is -2.16. The number of nitrogens with zero attached hydrogens (tertiary/aromatic N) is 2. The molecule has 0 aliphatic heterocycles. The van der Waals surface area contributed by atoms with Crippen LogP contribution in [0.5, 0.6) is 17.2 Å². The number of ether oxygens (including phenoxy) is 3. The average molecular weight is 307 g/mol. The summed E-state index contributed by atoms with van der Waals surface area (Å²) in [5.74, 6) is 1.66. The summed E-state index contributed by atoms with van der Waals surface area (Å²) in [6, 6.07) is 1.82. The molecular weight excluding hydrogens is 286 g/mol. The highest BCUT2D eigenvalue weighted by Crippen LogP contribution is 2.43. The maximum absolute atomic E-state index is 8.93. The fourth-order valence-electron chi connectivity index (χ4n) is 2.40. The molecule has 0 unspecified atom stereocenters. The number of methoxy groups -OCH3 is 3. The van der Waals surface area contributed by atoms with Crippen molar-refractivity contribution in [1.29, 1.82) is 0 Å². The van der Waals surface area contributed by atoms with Crippen molar-refractivity contribution in [3.05, 3.63) is 11.8 Å². The van der Waals surface area contributed by atoms with Crippen molar-refractivity contribution in [3.63, 3.8) is 0 Å². The van der Waals surface area contributed by atoms with Crippen LogP contribution in [0.3, 0.4) is 0 Å². The van der Waals surface area contributed by atoms with E-state index < -0.39 is 0 Å². The molecule has 1 heterocycles. The number of unbranched alkanes of at least 4 members (excludes halogenated alkanes) is 1. The van der Waals surface area contributed by atoms with E-state index in [1.165, 1.54) is 0 Å². The first-order chi connectivity index (χ1) is 10.7. The van der Waals surface area contributed by atoms with Crippen LogP contribution in [0.2, 0.25) is 0 Å². The number of hydrogen-bond donors (Lipinski definition) is 2. The molecule has 0 bridgehead atoms. The lowest BCUT2D eigenvalue weighted by atomic mass is 10.1. The van der Waals surface area contributed by atoms with Gasteiger partial charge in [-0.2, -0.15) is 0 Å². The number of anilines is 1. The monoisotopic (exact) mass is 307 g/mol. The van der Waals surface area contributed by atoms with Crippen LogP contribution in [0.1, 0.15) is 18.5 Å². The van der Waals surface area contributed by atoms with Gasteiger partial charge in [0.25, 0.3) is 0 Å². The Morgan fingerprint density at radius 3 is 2.36 bits per heavy atom. The van der Waals surface area contributed by atoms with Crippen molar-refractivity contribution in [1.82, 2.24) is 9.97 Å². The largest absolute Gasteiger partial charge is 0.493 e. The molecule has 7 nitrogen and oxygen atoms in total. The fraction of sp³-hybridized carbons (Fsp3) is 0.467. The van der Waals surface area contributed by atoms with E-state index in [9.17, 15) is 0 Å². The van der Waals surface area contributed by atoms with Gasteiger partial charge in [-0.25, -0.2) is 9.97 Å². The van der Waals surface area contributed by atoms with Gasteiger partial charge in [0.1, 0.15) is 5.52 Å². The van der Waals surface area contributed by atoms with Crippen LogP contribution in [0, 0.1) is 0 Å². The number of hydrogen-bond acceptors (Lipinski definition) is 7. The summed E-state index contributed by atoms with van der Waals surface area (Å²) in [5, 5.41) is 9.74. The number of aryl methyl sites for hydroxylation is 1. The number of aromatic nitrogens is 2. The Morgan fingerprint density at radius 2 is 1.77 bits per heavy atom. The molecule has 1 aromatic heterocycles. The zero-order valence-corrected chi connectivity index (χ0v) is 13.0. The molecule has 0 amide bonds. The van der Waals surface area contributed by atoms with E-state index in [-0.39, 0.29) is 12.6 Å². The fourth-order valence-corrected chi connectivity index (χ4v) is 2.40. The van der Waals surface area contributed by atoms with Crippen molar-refractivity contribution < 1.29 is 19.3 Å². The Kier molecular flexibility index (Phi) is 5.21. The highest BCUT2D eigenvalue weighted by atomic mass is 16.5. The number of aliphatic hydroxyl groups excluding tert-OH is 1. The van der Waals surface area contributed by atoms with Gasteiger partial charge in [0.05, 0.1) is 27.0 Å². The maximum atomic E-state index is 8.93. The highest BCUT2D eigenvalue weighted by Gasteiger charge is 2.20. The topological polar surface area (TPSA) is 99.7 Å². The smallest absolute Gasteiger partial charge is 0.220 e. The molecule has 0 atom stereocenters. The molecule has 3 N–H and O–H groups in total. The van der Waals surface area contributed by atoms with Crippen LogP contribution < -0.4 is 19.9 Å². The number of fused-ring (bicyclic) bond motifs is 1. The third-order valence-corrected chi connectivity index (χ3v) is 3.41. The first-order valence-electron chi connectivity index (χ1n) is 7.02. The summed E-state index contributed by atoms with van der Waals surface area (Å²) in [7, 11) is 4.64. The van der Waals surface area contributed by atoms with Gasteiger partial charge >= 0.3 is 0 Å². The molecular formula is C15H21N3O4. The highest BCUT2D eigenvalue weighted by molar-refractivity contribution is 5.92. The second-order valence-corrected chi connectivity index (χ2v) is 4.75. The van der Waals surface area contributed by atoms with E-state index in [0.29, 0.717) is 35.6 Å². The number of nitrogens with two attached hydrogens (primary N) is 1. The van der Waals surface area contributed by atoms with Gasteiger partial charge in [-0.05, 0) is 25.3 Å². The molecule has 7 heteroatoms. The van der Waals surface area contributed by atoms with Gasteiger partial charge < -0.3 is 25.1 Å². The molecule has 0 radical (unpaired) electrons. The van der Waals surface area contributed by atoms with E-state index in [4.69, 9.17) is 25.1 Å². The second kappa shape index (κ2) is 7.13. The normalized spacial score (nSPS) is 10.7. The summed E-state index contributed by atoms with van der Waals surface area (Å²) < 4.78 is 16.2. The number of aliphatic hydroxyl groups is 1. The molecule has 0 spiro atoms. The van der Waals surface area contributed by atoms with Crippen molar-refractivity contribution in [2.45, 2.75) is 19.3 Å². The molecule has 2 rings (SSSR count). The lowest BCUT2D eigenvalue weighted by molar-refractivity contribution is 0.284. The number of nitrogen functional groups attached to an aromatic ring is 1. The van der Waals surface area contributed by atoms with Crippen molar-refractivity contribution in [3.8, 4) is 17.2 Å². The van der Waals surface area contributed by atoms with Crippen LogP contribution in [0.15, 0.2) is 6.07 Å². The second-order valence-electron chi connectivity index (χ2n) is 4.75. The van der Waals surface area contributed by atoms with Crippen LogP contribution in [0.4, 0.5) is 5.95 Å². The predicted molar refractivity (Wildman–Crippen MR) is 83.6 cm³/mol. The standard InChI is InChI=1S/C15H21N3O4/c1-20-11-8-9-10(6-4-5-7-19)17-15(16)18-12(9)14(22-3)13(11)21-2/h8,19H,4-7H2,1-3H3,(H2,16,17,18). The van der Waals surface area contributed by atoms with E-state index in [2.05, 4.69) is 9.97 Å². The Balaban J connectivity index is 2.66. The maximum Gasteiger partial charge on any atom is 0.220 e. The minimum Gasteiger partial charge on any atom is -0.493 e. The Hall–Kier alpha value is -2.28. The Morgan fingerprint density at radius 1 is 1.05 bits per heavy atom. The summed E-state index contributed by atoms with van der Waals surface area (Å²) in [4.78, 5) is 8.59. The SMILES string of the molecule is COc1cc2c(CCCCO)nc(N)nc2c(OC)c1OC. The van der Waals surface area contributed by atoms with E-state index in [1.54, 1.807) is 21.3 Å². The van der Waals surface area contributed by atoms with Gasteiger partial charge in [0, 0.05) is 12.0 Å². The molecule has 2 aromatic rings. The van der Waals surface area contributed by atoms with Gasteiger partial charge in [0.2, 0.25) is 11.7 Å². The summed E-state index contributed by atoms with van der Waals surface area (Å²) >= 11 is 0. The summed E-state index contributed by atoms with van der Waals surface area (Å²) in [6.45, 7) is 0.152. The minimum atomic E-state index is 0.152. The molecule has 120 valence electrons. The molecule has 22 heavy (non-hydrogen) atoms. The molecule has 0 saturated carbocycles. The lowest BCUT2D eigenvalue weighted by Crippen LogP contribution is -2.04. The van der Waals surface area contributed by atoms with E-state index in [0.717, 1.165) is 17.5 Å². The van der Waals surface area contributed by atoms with Gasteiger partial charge in [-0.3, -0.25) is 0 Å². The number of benzene rings is 1. The number of rotatable bonds is 7. The average Bonchev–Trinajstić information content (AvgIpc) is 2.53. The van der Waals surface area contributed by atoms with Crippen LogP contribution in [-0.4, -0.2) is 43.0 Å². The molecule has 0 aliphatic rings. The Labute approximate surface area is 129 Å². The third-order valence-electron chi connectivity index (χ3n) is 3.41. The predicted octanol–water partition coefficient (Wildman–Crippen LogP) is 1.55.